The van der Waals surface area contributed by atoms with Crippen molar-refractivity contribution in [2.24, 2.45) is 0 Å². The van der Waals surface area contributed by atoms with Crippen LogP contribution in [0.1, 0.15) is 6.42 Å². The van der Waals surface area contributed by atoms with Crippen LogP contribution in [0.25, 0.3) is 0 Å². The maximum Gasteiger partial charge on any atom is 0.228 e. The summed E-state index contributed by atoms with van der Waals surface area (Å²) in [6, 6.07) is 2.66. The van der Waals surface area contributed by atoms with Crippen molar-refractivity contribution in [3.05, 3.63) is 26.9 Å². The van der Waals surface area contributed by atoms with Crippen molar-refractivity contribution in [1.29, 1.82) is 0 Å². The van der Waals surface area contributed by atoms with Gasteiger partial charge in [-0.25, -0.2) is 4.39 Å². The normalized spacial score (nSPS) is 20.6. The van der Waals surface area contributed by atoms with Crippen LogP contribution in [0.4, 0.5) is 10.1 Å². The first kappa shape index (κ1) is 12.3. The molecule has 1 fully saturated rings. The number of hydrogen-bond donors (Lipinski definition) is 0. The van der Waals surface area contributed by atoms with Crippen molar-refractivity contribution in [2.75, 3.05) is 11.4 Å². The van der Waals surface area contributed by atoms with Crippen LogP contribution in [0.15, 0.2) is 21.1 Å². The first-order valence-corrected chi connectivity index (χ1v) is 6.60. The number of halogens is 4. The molecule has 1 saturated heterocycles. The van der Waals surface area contributed by atoms with Crippen molar-refractivity contribution in [3.63, 3.8) is 0 Å². The highest BCUT2D eigenvalue weighted by Crippen LogP contribution is 2.37. The lowest BCUT2D eigenvalue weighted by molar-refractivity contribution is -0.117. The number of carbonyl (C=O) groups excluding carboxylic acids is 1. The van der Waals surface area contributed by atoms with Crippen LogP contribution in [0.3, 0.4) is 0 Å². The number of hydrogen-bond acceptors (Lipinski definition) is 1. The quantitative estimate of drug-likeness (QED) is 0.690. The van der Waals surface area contributed by atoms with E-state index < -0.39 is 0 Å². The molecule has 0 saturated carbocycles. The van der Waals surface area contributed by atoms with E-state index in [9.17, 15) is 9.18 Å². The summed E-state index contributed by atoms with van der Waals surface area (Å²) in [6.45, 7) is 0.448. The molecule has 1 aliphatic rings. The second-order valence-electron chi connectivity index (χ2n) is 3.52. The summed E-state index contributed by atoms with van der Waals surface area (Å²) in [6.07, 6.45) is 0.317. The summed E-state index contributed by atoms with van der Waals surface area (Å²) >= 11 is 12.4. The van der Waals surface area contributed by atoms with E-state index >= 15 is 0 Å². The molecule has 1 amide bonds. The molecule has 1 aromatic carbocycles. The Kier molecular flexibility index (Phi) is 3.56. The minimum atomic E-state index is -0.364. The Labute approximate surface area is 114 Å². The summed E-state index contributed by atoms with van der Waals surface area (Å²) in [5.74, 6) is -0.412. The zero-order chi connectivity index (χ0) is 11.9. The largest absolute Gasteiger partial charge is 0.309 e. The summed E-state index contributed by atoms with van der Waals surface area (Å²) < 4.78 is 14.2. The van der Waals surface area contributed by atoms with Gasteiger partial charge in [-0.1, -0.05) is 0 Å². The molecule has 1 atom stereocenters. The van der Waals surface area contributed by atoms with Gasteiger partial charge in [-0.05, 0) is 44.0 Å². The molecular weight excluding hydrogens is 364 g/mol. The number of carbonyl (C=O) groups is 1. The molecule has 16 heavy (non-hydrogen) atoms. The van der Waals surface area contributed by atoms with E-state index in [0.717, 1.165) is 0 Å². The van der Waals surface area contributed by atoms with E-state index in [4.69, 9.17) is 11.6 Å². The lowest BCUT2D eigenvalue weighted by atomic mass is 10.3. The van der Waals surface area contributed by atoms with Gasteiger partial charge in [0.25, 0.3) is 0 Å². The molecule has 0 N–H and O–H groups in total. The van der Waals surface area contributed by atoms with E-state index in [1.165, 1.54) is 12.1 Å². The fourth-order valence-electron chi connectivity index (χ4n) is 1.67. The molecule has 0 radical (unpaired) electrons. The summed E-state index contributed by atoms with van der Waals surface area (Å²) in [4.78, 5) is 13.2. The monoisotopic (exact) mass is 369 g/mol. The fourth-order valence-corrected chi connectivity index (χ4v) is 3.50. The predicted molar refractivity (Wildman–Crippen MR) is 68.4 cm³/mol. The Bertz CT molecular complexity index is 431. The van der Waals surface area contributed by atoms with Gasteiger partial charge in [0.05, 0.1) is 11.1 Å². The second-order valence-corrected chi connectivity index (χ2v) is 5.85. The average Bonchev–Trinajstić information content (AvgIpc) is 2.43. The van der Waals surface area contributed by atoms with E-state index in [1.807, 2.05) is 0 Å². The van der Waals surface area contributed by atoms with Crippen molar-refractivity contribution in [1.82, 2.24) is 0 Å². The number of rotatable bonds is 1. The van der Waals surface area contributed by atoms with E-state index in [0.29, 0.717) is 27.6 Å². The highest BCUT2D eigenvalue weighted by Gasteiger charge is 2.31. The molecule has 0 aromatic heterocycles. The van der Waals surface area contributed by atoms with Gasteiger partial charge in [0.1, 0.15) is 5.82 Å². The number of benzene rings is 1. The van der Waals surface area contributed by atoms with Gasteiger partial charge < -0.3 is 4.90 Å². The Morgan fingerprint density at radius 1 is 1.38 bits per heavy atom. The molecule has 0 bridgehead atoms. The molecule has 0 spiro atoms. The molecule has 2 rings (SSSR count). The van der Waals surface area contributed by atoms with E-state index in [2.05, 4.69) is 31.9 Å². The van der Waals surface area contributed by atoms with Gasteiger partial charge in [-0.2, -0.15) is 0 Å². The zero-order valence-corrected chi connectivity index (χ0v) is 11.9. The minimum Gasteiger partial charge on any atom is -0.309 e. The lowest BCUT2D eigenvalue weighted by Gasteiger charge is -2.19. The summed E-state index contributed by atoms with van der Waals surface area (Å²) in [5.41, 5.74) is 0.634. The predicted octanol–water partition coefficient (Wildman–Crippen LogP) is 3.69. The van der Waals surface area contributed by atoms with Crippen LogP contribution < -0.4 is 4.90 Å². The molecule has 1 aliphatic heterocycles. The zero-order valence-electron chi connectivity index (χ0n) is 8.01. The molecule has 0 aliphatic carbocycles. The lowest BCUT2D eigenvalue weighted by Crippen LogP contribution is -2.25. The molecule has 1 heterocycles. The molecule has 1 unspecified atom stereocenters. The van der Waals surface area contributed by atoms with Gasteiger partial charge in [0.2, 0.25) is 5.91 Å². The second kappa shape index (κ2) is 4.63. The van der Waals surface area contributed by atoms with Gasteiger partial charge in [0, 0.05) is 21.9 Å². The fraction of sp³-hybridized carbons (Fsp3) is 0.300. The maximum absolute atomic E-state index is 13.1. The highest BCUT2D eigenvalue weighted by molar-refractivity contribution is 9.11. The third-order valence-corrected chi connectivity index (χ3v) is 3.83. The SMILES string of the molecule is O=C1CC(Cl)CN1c1c(Br)cc(F)cc1Br. The molecule has 6 heteroatoms. The maximum atomic E-state index is 13.1. The van der Waals surface area contributed by atoms with Gasteiger partial charge in [0.15, 0.2) is 0 Å². The smallest absolute Gasteiger partial charge is 0.228 e. The summed E-state index contributed by atoms with van der Waals surface area (Å²) in [7, 11) is 0. The standard InChI is InChI=1S/C10H7Br2ClFNO/c11-7-2-6(14)3-8(12)10(7)15-4-5(13)1-9(15)16/h2-3,5H,1,4H2. The highest BCUT2D eigenvalue weighted by atomic mass is 79.9. The third kappa shape index (κ3) is 2.26. The van der Waals surface area contributed by atoms with Crippen LogP contribution in [0.5, 0.6) is 0 Å². The number of alkyl halides is 1. The summed E-state index contributed by atoms with van der Waals surface area (Å²) in [5, 5.41) is -0.184. The van der Waals surface area contributed by atoms with Gasteiger partial charge >= 0.3 is 0 Å². The molecule has 1 aromatic rings. The Morgan fingerprint density at radius 2 is 1.94 bits per heavy atom. The van der Waals surface area contributed by atoms with Crippen molar-refractivity contribution in [2.45, 2.75) is 11.8 Å². The first-order valence-electron chi connectivity index (χ1n) is 4.58. The van der Waals surface area contributed by atoms with Crippen molar-refractivity contribution in [3.8, 4) is 0 Å². The van der Waals surface area contributed by atoms with Crippen molar-refractivity contribution >= 4 is 55.1 Å². The molecule has 86 valence electrons. The van der Waals surface area contributed by atoms with E-state index in [-0.39, 0.29) is 17.1 Å². The van der Waals surface area contributed by atoms with Crippen LogP contribution >= 0.6 is 43.5 Å². The van der Waals surface area contributed by atoms with Gasteiger partial charge in [-0.3, -0.25) is 4.79 Å². The topological polar surface area (TPSA) is 20.3 Å². The Hall–Kier alpha value is -0.130. The van der Waals surface area contributed by atoms with E-state index in [1.54, 1.807) is 4.90 Å². The number of amides is 1. The van der Waals surface area contributed by atoms with Crippen LogP contribution in [-0.4, -0.2) is 17.8 Å². The van der Waals surface area contributed by atoms with Gasteiger partial charge in [-0.15, -0.1) is 11.6 Å². The van der Waals surface area contributed by atoms with Crippen LogP contribution in [0, 0.1) is 5.82 Å². The third-order valence-electron chi connectivity index (χ3n) is 2.33. The van der Waals surface area contributed by atoms with Crippen molar-refractivity contribution < 1.29 is 9.18 Å². The number of anilines is 1. The molecule has 2 nitrogen and oxygen atoms in total. The Morgan fingerprint density at radius 3 is 2.38 bits per heavy atom. The Balaban J connectivity index is 2.44. The first-order chi connectivity index (χ1) is 7.49. The number of nitrogens with zero attached hydrogens (tertiary/aromatic N) is 1. The molecular formula is C10H7Br2ClFNO. The van der Waals surface area contributed by atoms with Crippen LogP contribution in [0.2, 0.25) is 0 Å². The minimum absolute atomic E-state index is 0.0481. The average molecular weight is 371 g/mol. The van der Waals surface area contributed by atoms with Crippen LogP contribution in [-0.2, 0) is 4.79 Å².